The van der Waals surface area contributed by atoms with Crippen molar-refractivity contribution in [2.45, 2.75) is 16.2 Å². The fourth-order valence-corrected chi connectivity index (χ4v) is 3.36. The Kier molecular flexibility index (Phi) is 5.41. The van der Waals surface area contributed by atoms with Crippen LogP contribution in [-0.4, -0.2) is 29.0 Å². The van der Waals surface area contributed by atoms with Crippen LogP contribution in [0, 0.1) is 0 Å². The molecule has 0 aliphatic rings. The lowest BCUT2D eigenvalue weighted by atomic mass is 10.1. The Balaban J connectivity index is 2.21. The Labute approximate surface area is 143 Å². The SMILES string of the molecule is O=C=NS(=O)(=O)c1ccc(Cc2ccc(S(=O)(=O)N=C=O)cc2)cc1. The van der Waals surface area contributed by atoms with Gasteiger partial charge in [0.15, 0.2) is 0 Å². The number of benzene rings is 2. The van der Waals surface area contributed by atoms with Gasteiger partial charge in [0.2, 0.25) is 0 Å². The van der Waals surface area contributed by atoms with Crippen molar-refractivity contribution in [2.24, 2.45) is 8.80 Å². The molecule has 0 radical (unpaired) electrons. The summed E-state index contributed by atoms with van der Waals surface area (Å²) in [6.07, 6.45) is 2.40. The van der Waals surface area contributed by atoms with Gasteiger partial charge in [-0.05, 0) is 41.8 Å². The fraction of sp³-hybridized carbons (Fsp3) is 0.0667. The second kappa shape index (κ2) is 7.33. The first-order valence-corrected chi connectivity index (χ1v) is 9.53. The normalized spacial score (nSPS) is 11.2. The lowest BCUT2D eigenvalue weighted by Gasteiger charge is -2.04. The molecule has 10 heteroatoms. The summed E-state index contributed by atoms with van der Waals surface area (Å²) in [7, 11) is -8.07. The van der Waals surface area contributed by atoms with Crippen molar-refractivity contribution in [3.8, 4) is 0 Å². The first-order chi connectivity index (χ1) is 11.8. The van der Waals surface area contributed by atoms with Gasteiger partial charge in [0, 0.05) is 0 Å². The molecule has 2 aromatic carbocycles. The summed E-state index contributed by atoms with van der Waals surface area (Å²) in [5.74, 6) is 0. The van der Waals surface area contributed by atoms with Crippen LogP contribution in [0.15, 0.2) is 67.1 Å². The van der Waals surface area contributed by atoms with Gasteiger partial charge in [-0.15, -0.1) is 0 Å². The van der Waals surface area contributed by atoms with Crippen LogP contribution in [0.2, 0.25) is 0 Å². The zero-order valence-electron chi connectivity index (χ0n) is 12.5. The van der Waals surface area contributed by atoms with Gasteiger partial charge >= 0.3 is 0 Å². The van der Waals surface area contributed by atoms with E-state index in [1.165, 1.54) is 24.3 Å². The highest BCUT2D eigenvalue weighted by atomic mass is 32.2. The molecular weight excluding hydrogens is 368 g/mol. The van der Waals surface area contributed by atoms with Crippen molar-refractivity contribution < 1.29 is 26.4 Å². The Morgan fingerprint density at radius 3 is 1.24 bits per heavy atom. The maximum Gasteiger partial charge on any atom is 0.292 e. The second-order valence-corrected chi connectivity index (χ2v) is 7.99. The summed E-state index contributed by atoms with van der Waals surface area (Å²) < 4.78 is 51.8. The van der Waals surface area contributed by atoms with Crippen LogP contribution < -0.4 is 0 Å². The number of rotatable bonds is 6. The molecule has 0 bridgehead atoms. The van der Waals surface area contributed by atoms with Crippen LogP contribution in [0.4, 0.5) is 0 Å². The van der Waals surface area contributed by atoms with Gasteiger partial charge in [0.05, 0.1) is 9.79 Å². The standard InChI is InChI=1S/C15H10N2O6S2/c18-10-16-24(20,21)14-5-1-12(2-6-14)9-13-3-7-15(8-4-13)25(22,23)17-11-19/h1-8H,9H2. The van der Waals surface area contributed by atoms with Gasteiger partial charge in [0.1, 0.15) is 0 Å². The quantitative estimate of drug-likeness (QED) is 0.551. The number of hydrogen-bond acceptors (Lipinski definition) is 6. The van der Waals surface area contributed by atoms with E-state index in [9.17, 15) is 26.4 Å². The molecular formula is C15H10N2O6S2. The molecule has 0 saturated heterocycles. The molecule has 0 spiro atoms. The molecule has 0 unspecified atom stereocenters. The largest absolute Gasteiger partial charge is 0.292 e. The van der Waals surface area contributed by atoms with Crippen LogP contribution in [0.5, 0.6) is 0 Å². The number of carbonyl (C=O) groups excluding carboxylic acids is 2. The molecule has 8 nitrogen and oxygen atoms in total. The molecule has 0 atom stereocenters. The highest BCUT2D eigenvalue weighted by Crippen LogP contribution is 2.18. The zero-order valence-corrected chi connectivity index (χ0v) is 14.1. The summed E-state index contributed by atoms with van der Waals surface area (Å²) in [5, 5.41) is 0. The third-order valence-electron chi connectivity index (χ3n) is 3.17. The molecule has 0 aliphatic heterocycles. The van der Waals surface area contributed by atoms with Crippen molar-refractivity contribution >= 4 is 32.2 Å². The zero-order chi connectivity index (χ0) is 18.5. The number of hydrogen-bond donors (Lipinski definition) is 0. The Morgan fingerprint density at radius 2 is 0.960 bits per heavy atom. The molecule has 0 N–H and O–H groups in total. The first kappa shape index (κ1) is 18.4. The summed E-state index contributed by atoms with van der Waals surface area (Å²) in [6, 6.07) is 11.4. The maximum atomic E-state index is 11.6. The lowest BCUT2D eigenvalue weighted by Crippen LogP contribution is -1.98. The monoisotopic (exact) mass is 378 g/mol. The molecule has 2 aromatic rings. The third-order valence-corrected chi connectivity index (χ3v) is 5.53. The molecule has 128 valence electrons. The van der Waals surface area contributed by atoms with E-state index in [4.69, 9.17) is 0 Å². The Hall–Kier alpha value is -2.90. The topological polar surface area (TPSA) is 127 Å². The predicted molar refractivity (Wildman–Crippen MR) is 86.3 cm³/mol. The Morgan fingerprint density at radius 1 is 0.640 bits per heavy atom. The molecule has 0 aliphatic carbocycles. The second-order valence-electron chi connectivity index (χ2n) is 4.78. The summed E-state index contributed by atoms with van der Waals surface area (Å²) in [5.41, 5.74) is 1.52. The Bertz CT molecular complexity index is 986. The summed E-state index contributed by atoms with van der Waals surface area (Å²) in [6.45, 7) is 0. The van der Waals surface area contributed by atoms with E-state index in [0.717, 1.165) is 23.3 Å². The lowest BCUT2D eigenvalue weighted by molar-refractivity contribution is 0.562. The molecule has 0 aromatic heterocycles. The van der Waals surface area contributed by atoms with Crippen LogP contribution in [0.1, 0.15) is 11.1 Å². The van der Waals surface area contributed by atoms with Crippen LogP contribution >= 0.6 is 0 Å². The van der Waals surface area contributed by atoms with E-state index in [-0.39, 0.29) is 9.79 Å². The van der Waals surface area contributed by atoms with E-state index in [1.807, 2.05) is 0 Å². The van der Waals surface area contributed by atoms with Gasteiger partial charge in [-0.2, -0.15) is 16.8 Å². The van der Waals surface area contributed by atoms with Crippen molar-refractivity contribution in [1.82, 2.24) is 0 Å². The highest BCUT2D eigenvalue weighted by molar-refractivity contribution is 7.90. The minimum absolute atomic E-state index is 0.132. The van der Waals surface area contributed by atoms with Crippen LogP contribution in [-0.2, 0) is 36.1 Å². The van der Waals surface area contributed by atoms with Crippen LogP contribution in [0.25, 0.3) is 0 Å². The molecule has 0 fully saturated rings. The van der Waals surface area contributed by atoms with E-state index < -0.39 is 20.0 Å². The molecule has 25 heavy (non-hydrogen) atoms. The predicted octanol–water partition coefficient (Wildman–Crippen LogP) is 1.33. The van der Waals surface area contributed by atoms with E-state index in [2.05, 4.69) is 8.80 Å². The van der Waals surface area contributed by atoms with Crippen molar-refractivity contribution in [2.75, 3.05) is 0 Å². The van der Waals surface area contributed by atoms with Gasteiger partial charge < -0.3 is 0 Å². The third kappa shape index (κ3) is 4.56. The fourth-order valence-electron chi connectivity index (χ4n) is 2.00. The average Bonchev–Trinajstić information content (AvgIpc) is 2.56. The summed E-state index contributed by atoms with van der Waals surface area (Å²) in [4.78, 5) is 19.9. The van der Waals surface area contributed by atoms with Gasteiger partial charge in [-0.25, -0.2) is 9.59 Å². The number of isocyanates is 2. The minimum Gasteiger partial charge on any atom is -0.210 e. The van der Waals surface area contributed by atoms with Gasteiger partial charge in [-0.1, -0.05) is 33.1 Å². The van der Waals surface area contributed by atoms with E-state index in [1.54, 1.807) is 24.3 Å². The van der Waals surface area contributed by atoms with Crippen molar-refractivity contribution in [3.63, 3.8) is 0 Å². The minimum atomic E-state index is -4.03. The number of nitrogens with zero attached hydrogens (tertiary/aromatic N) is 2. The van der Waals surface area contributed by atoms with Crippen molar-refractivity contribution in [1.29, 1.82) is 0 Å². The molecule has 0 saturated carbocycles. The first-order valence-electron chi connectivity index (χ1n) is 6.65. The average molecular weight is 378 g/mol. The van der Waals surface area contributed by atoms with Crippen LogP contribution in [0.3, 0.4) is 0 Å². The number of sulfonamides is 2. The molecule has 2 rings (SSSR count). The van der Waals surface area contributed by atoms with E-state index >= 15 is 0 Å². The van der Waals surface area contributed by atoms with Gasteiger partial charge in [0.25, 0.3) is 32.2 Å². The maximum absolute atomic E-state index is 11.6. The summed E-state index contributed by atoms with van der Waals surface area (Å²) >= 11 is 0. The highest BCUT2D eigenvalue weighted by Gasteiger charge is 2.13. The molecule has 0 heterocycles. The van der Waals surface area contributed by atoms with E-state index in [0.29, 0.717) is 6.42 Å². The van der Waals surface area contributed by atoms with Crippen molar-refractivity contribution in [3.05, 3.63) is 59.7 Å². The van der Waals surface area contributed by atoms with Gasteiger partial charge in [-0.3, -0.25) is 0 Å². The molecule has 0 amide bonds. The smallest absolute Gasteiger partial charge is 0.210 e.